The molecule has 0 amide bonds. The van der Waals surface area contributed by atoms with E-state index >= 15 is 0 Å². The molecule has 1 aromatic carbocycles. The Morgan fingerprint density at radius 3 is 2.92 bits per heavy atom. The van der Waals surface area contributed by atoms with Crippen LogP contribution < -0.4 is 0 Å². The van der Waals surface area contributed by atoms with Gasteiger partial charge in [-0.2, -0.15) is 0 Å². The molecule has 0 aliphatic heterocycles. The molecule has 4 heteroatoms. The van der Waals surface area contributed by atoms with E-state index in [0.717, 1.165) is 15.0 Å². The Labute approximate surface area is 89.6 Å². The number of thiophene rings is 1. The maximum Gasteiger partial charge on any atom is 0.137 e. The fourth-order valence-electron chi connectivity index (χ4n) is 1.21. The van der Waals surface area contributed by atoms with Crippen LogP contribution in [0.5, 0.6) is 0 Å². The number of thiol groups is 1. The highest BCUT2D eigenvalue weighted by atomic mass is 32.2. The van der Waals surface area contributed by atoms with Crippen LogP contribution in [0.3, 0.4) is 0 Å². The molecule has 2 rings (SSSR count). The fraction of sp³-hybridized carbons (Fsp3) is 0.111. The predicted molar refractivity (Wildman–Crippen MR) is 60.8 cm³/mol. The normalized spacial score (nSPS) is 11.0. The number of fused-ring (bicyclic) bond motifs is 1. The molecule has 0 spiro atoms. The van der Waals surface area contributed by atoms with Gasteiger partial charge in [-0.15, -0.1) is 35.7 Å². The first-order valence-electron chi connectivity index (χ1n) is 3.66. The molecule has 0 N–H and O–H groups in total. The van der Waals surface area contributed by atoms with Crippen LogP contribution in [0.15, 0.2) is 27.3 Å². The van der Waals surface area contributed by atoms with Crippen molar-refractivity contribution in [2.24, 2.45) is 0 Å². The average Bonchev–Trinajstić information content (AvgIpc) is 2.55. The molecule has 0 bridgehead atoms. The average molecular weight is 230 g/mol. The minimum Gasteiger partial charge on any atom is -0.206 e. The molecule has 0 saturated carbocycles. The summed E-state index contributed by atoms with van der Waals surface area (Å²) >= 11 is 7.42. The van der Waals surface area contributed by atoms with Gasteiger partial charge in [-0.3, -0.25) is 0 Å². The molecule has 1 aromatic heterocycles. The molecule has 68 valence electrons. The van der Waals surface area contributed by atoms with Gasteiger partial charge in [0.15, 0.2) is 0 Å². The summed E-state index contributed by atoms with van der Waals surface area (Å²) in [6.07, 6.45) is 1.99. The van der Waals surface area contributed by atoms with Crippen molar-refractivity contribution in [1.29, 1.82) is 0 Å². The molecule has 0 radical (unpaired) electrons. The second-order valence-electron chi connectivity index (χ2n) is 2.57. The van der Waals surface area contributed by atoms with E-state index in [4.69, 9.17) is 0 Å². The zero-order chi connectivity index (χ0) is 9.42. The van der Waals surface area contributed by atoms with E-state index in [1.54, 1.807) is 29.2 Å². The maximum absolute atomic E-state index is 13.2. The highest BCUT2D eigenvalue weighted by Gasteiger charge is 2.09. The van der Waals surface area contributed by atoms with Gasteiger partial charge in [0.05, 0.1) is 0 Å². The van der Waals surface area contributed by atoms with E-state index < -0.39 is 0 Å². The summed E-state index contributed by atoms with van der Waals surface area (Å²) in [5.41, 5.74) is 0. The van der Waals surface area contributed by atoms with Gasteiger partial charge >= 0.3 is 0 Å². The van der Waals surface area contributed by atoms with Crippen LogP contribution in [0.2, 0.25) is 0 Å². The SMILES string of the molecule is CSc1csc2ccc(F)c(S)c12. The Kier molecular flexibility index (Phi) is 2.53. The molecule has 0 unspecified atom stereocenters. The van der Waals surface area contributed by atoms with Crippen LogP contribution >= 0.6 is 35.7 Å². The van der Waals surface area contributed by atoms with E-state index in [1.165, 1.54) is 6.07 Å². The van der Waals surface area contributed by atoms with Crippen LogP contribution in [-0.2, 0) is 0 Å². The van der Waals surface area contributed by atoms with E-state index in [9.17, 15) is 4.39 Å². The summed E-state index contributed by atoms with van der Waals surface area (Å²) in [6, 6.07) is 3.26. The maximum atomic E-state index is 13.2. The summed E-state index contributed by atoms with van der Waals surface area (Å²) in [5.74, 6) is -0.246. The zero-order valence-electron chi connectivity index (χ0n) is 6.87. The van der Waals surface area contributed by atoms with E-state index in [0.29, 0.717) is 4.90 Å². The molecule has 0 atom stereocenters. The smallest absolute Gasteiger partial charge is 0.137 e. The number of thioether (sulfide) groups is 1. The van der Waals surface area contributed by atoms with Crippen LogP contribution in [0.25, 0.3) is 10.1 Å². The Morgan fingerprint density at radius 2 is 2.23 bits per heavy atom. The number of benzene rings is 1. The third-order valence-corrected chi connectivity index (χ3v) is 4.15. The van der Waals surface area contributed by atoms with Crippen molar-refractivity contribution in [3.05, 3.63) is 23.3 Å². The monoisotopic (exact) mass is 230 g/mol. The molecule has 0 nitrogen and oxygen atoms in total. The van der Waals surface area contributed by atoms with Crippen molar-refractivity contribution in [2.75, 3.05) is 6.26 Å². The fourth-order valence-corrected chi connectivity index (χ4v) is 3.51. The molecule has 0 saturated heterocycles. The van der Waals surface area contributed by atoms with Crippen LogP contribution in [-0.4, -0.2) is 6.26 Å². The third kappa shape index (κ3) is 1.47. The quantitative estimate of drug-likeness (QED) is 0.569. The van der Waals surface area contributed by atoms with Crippen molar-refractivity contribution in [1.82, 2.24) is 0 Å². The minimum absolute atomic E-state index is 0.246. The van der Waals surface area contributed by atoms with Crippen LogP contribution in [0, 0.1) is 5.82 Å². The Bertz CT molecular complexity index is 447. The third-order valence-electron chi connectivity index (χ3n) is 1.85. The summed E-state index contributed by atoms with van der Waals surface area (Å²) in [7, 11) is 0. The number of hydrogen-bond donors (Lipinski definition) is 1. The first-order chi connectivity index (χ1) is 6.24. The Hall–Kier alpha value is -0.190. The standard InChI is InChI=1S/C9H7FS3/c1-12-7-4-13-6-3-2-5(10)9(11)8(6)7/h2-4,11H,1H3. The number of rotatable bonds is 1. The summed E-state index contributed by atoms with van der Waals surface area (Å²) in [5, 5.41) is 2.98. The van der Waals surface area contributed by atoms with E-state index in [2.05, 4.69) is 12.6 Å². The second-order valence-corrected chi connectivity index (χ2v) is 4.78. The molecule has 0 fully saturated rings. The Morgan fingerprint density at radius 1 is 1.46 bits per heavy atom. The molecule has 0 aliphatic carbocycles. The van der Waals surface area contributed by atoms with Crippen LogP contribution in [0.4, 0.5) is 4.39 Å². The number of halogens is 1. The van der Waals surface area contributed by atoms with Gasteiger partial charge in [-0.1, -0.05) is 0 Å². The van der Waals surface area contributed by atoms with Gasteiger partial charge in [-0.05, 0) is 18.4 Å². The summed E-state index contributed by atoms with van der Waals surface area (Å²) in [4.78, 5) is 1.56. The van der Waals surface area contributed by atoms with Gasteiger partial charge in [0.1, 0.15) is 5.82 Å². The van der Waals surface area contributed by atoms with Crippen molar-refractivity contribution in [3.8, 4) is 0 Å². The van der Waals surface area contributed by atoms with Crippen molar-refractivity contribution in [3.63, 3.8) is 0 Å². The van der Waals surface area contributed by atoms with Gasteiger partial charge in [0, 0.05) is 25.3 Å². The van der Waals surface area contributed by atoms with Gasteiger partial charge in [-0.25, -0.2) is 4.39 Å². The van der Waals surface area contributed by atoms with Crippen molar-refractivity contribution < 1.29 is 4.39 Å². The molecular weight excluding hydrogens is 223 g/mol. The lowest BCUT2D eigenvalue weighted by molar-refractivity contribution is 0.606. The van der Waals surface area contributed by atoms with Crippen molar-refractivity contribution in [2.45, 2.75) is 9.79 Å². The van der Waals surface area contributed by atoms with Gasteiger partial charge in [0.2, 0.25) is 0 Å². The first-order valence-corrected chi connectivity index (χ1v) is 6.22. The largest absolute Gasteiger partial charge is 0.206 e. The summed E-state index contributed by atoms with van der Waals surface area (Å²) in [6.45, 7) is 0. The lowest BCUT2D eigenvalue weighted by atomic mass is 10.2. The zero-order valence-corrected chi connectivity index (χ0v) is 9.40. The van der Waals surface area contributed by atoms with E-state index in [1.807, 2.05) is 11.6 Å². The minimum atomic E-state index is -0.246. The first kappa shape index (κ1) is 9.37. The van der Waals surface area contributed by atoms with E-state index in [-0.39, 0.29) is 5.82 Å². The molecule has 1 heterocycles. The lowest BCUT2D eigenvalue weighted by Crippen LogP contribution is -1.78. The van der Waals surface area contributed by atoms with Gasteiger partial charge < -0.3 is 0 Å². The van der Waals surface area contributed by atoms with Crippen LogP contribution in [0.1, 0.15) is 0 Å². The molecule has 0 aliphatic rings. The molecular formula is C9H7FS3. The summed E-state index contributed by atoms with van der Waals surface area (Å²) < 4.78 is 14.3. The lowest BCUT2D eigenvalue weighted by Gasteiger charge is -1.99. The highest BCUT2D eigenvalue weighted by Crippen LogP contribution is 2.37. The topological polar surface area (TPSA) is 0 Å². The Balaban J connectivity index is 2.85. The highest BCUT2D eigenvalue weighted by molar-refractivity contribution is 7.99. The molecule has 2 aromatic rings. The predicted octanol–water partition coefficient (Wildman–Crippen LogP) is 4.05. The number of hydrogen-bond acceptors (Lipinski definition) is 3. The van der Waals surface area contributed by atoms with Crippen molar-refractivity contribution >= 4 is 45.8 Å². The molecule has 13 heavy (non-hydrogen) atoms. The van der Waals surface area contributed by atoms with Gasteiger partial charge in [0.25, 0.3) is 0 Å². The second kappa shape index (κ2) is 3.52.